The minimum absolute atomic E-state index is 0.105. The van der Waals surface area contributed by atoms with Crippen molar-refractivity contribution in [3.05, 3.63) is 0 Å². The van der Waals surface area contributed by atoms with Gasteiger partial charge >= 0.3 is 39.5 Å². The summed E-state index contributed by atoms with van der Waals surface area (Å²) in [4.78, 5) is 72.6. The standard InChI is InChI=1S/C72H140O17P2/c1-8-10-11-12-13-32-39-46-53-69(74)82-59-67(89-72(77)56-49-42-35-28-22-24-30-37-44-51-64(5)6)61-86-90(78,79)84-57-66(73)58-85-91(80,81)87-62-68(60-83-70(75)54-47-40-33-26-21-20-25-31-38-45-52-65(7)9-2)88-71(76)55-48-41-34-27-19-17-15-14-16-18-23-29-36-43-50-63(3)4/h63-68,73H,8-62H2,1-7H3,(H,78,79)(H,80,81)/t65?,66-,67+,68+/m0/s1. The SMILES string of the molecule is CCCCCCCCCCC(=O)OC[C@H](COP(=O)(O)OC[C@H](O)COP(=O)(O)OC[C@@H](COC(=O)CCCCCCCCCCCCC(C)CC)OC(=O)CCCCCCCCCCCCCCCCC(C)C)OC(=O)CCCCCCCCCCCC(C)C. The number of carbonyl (C=O) groups excluding carboxylic acids is 4. The highest BCUT2D eigenvalue weighted by Gasteiger charge is 2.30. The highest BCUT2D eigenvalue weighted by atomic mass is 31.2. The van der Waals surface area contributed by atoms with Crippen molar-refractivity contribution in [2.75, 3.05) is 39.6 Å². The largest absolute Gasteiger partial charge is 0.472 e. The van der Waals surface area contributed by atoms with Crippen LogP contribution in [0, 0.1) is 17.8 Å². The molecule has 0 aliphatic carbocycles. The average Bonchev–Trinajstić information content (AvgIpc) is 3.73. The van der Waals surface area contributed by atoms with Crippen molar-refractivity contribution < 1.29 is 80.2 Å². The monoisotopic (exact) mass is 1340 g/mol. The number of carbonyl (C=O) groups is 4. The van der Waals surface area contributed by atoms with Crippen LogP contribution >= 0.6 is 15.6 Å². The minimum atomic E-state index is -4.95. The molecule has 0 amide bonds. The maximum absolute atomic E-state index is 13.0. The molecule has 0 rings (SSSR count). The number of esters is 4. The summed E-state index contributed by atoms with van der Waals surface area (Å²) < 4.78 is 68.3. The second kappa shape index (κ2) is 62.8. The first kappa shape index (κ1) is 89.1. The van der Waals surface area contributed by atoms with Crippen molar-refractivity contribution >= 4 is 39.5 Å². The van der Waals surface area contributed by atoms with Crippen LogP contribution in [0.25, 0.3) is 0 Å². The Hall–Kier alpha value is -1.94. The van der Waals surface area contributed by atoms with Crippen LogP contribution in [-0.2, 0) is 65.4 Å². The lowest BCUT2D eigenvalue weighted by atomic mass is 9.99. The van der Waals surface area contributed by atoms with E-state index in [1.54, 1.807) is 0 Å². The van der Waals surface area contributed by atoms with Gasteiger partial charge in [0.05, 0.1) is 26.4 Å². The van der Waals surface area contributed by atoms with Gasteiger partial charge in [0.25, 0.3) is 0 Å². The Morgan fingerprint density at radius 1 is 0.319 bits per heavy atom. The van der Waals surface area contributed by atoms with E-state index in [-0.39, 0.29) is 25.7 Å². The van der Waals surface area contributed by atoms with Gasteiger partial charge < -0.3 is 33.8 Å². The number of hydrogen-bond donors (Lipinski definition) is 3. The third kappa shape index (κ3) is 65.1. The zero-order valence-electron chi connectivity index (χ0n) is 59.3. The molecule has 0 fully saturated rings. The van der Waals surface area contributed by atoms with Crippen LogP contribution < -0.4 is 0 Å². The van der Waals surface area contributed by atoms with Crippen LogP contribution in [0.15, 0.2) is 0 Å². The molecule has 0 spiro atoms. The third-order valence-electron chi connectivity index (χ3n) is 17.0. The van der Waals surface area contributed by atoms with Crippen LogP contribution in [0.5, 0.6) is 0 Å². The number of hydrogen-bond acceptors (Lipinski definition) is 15. The fourth-order valence-electron chi connectivity index (χ4n) is 10.9. The molecular weight excluding hydrogens is 1200 g/mol. The predicted octanol–water partition coefficient (Wildman–Crippen LogP) is 20.6. The number of phosphoric acid groups is 2. The van der Waals surface area contributed by atoms with Gasteiger partial charge in [-0.15, -0.1) is 0 Å². The molecule has 0 aromatic rings. The van der Waals surface area contributed by atoms with E-state index in [1.165, 1.54) is 167 Å². The molecule has 0 saturated carbocycles. The molecule has 19 heteroatoms. The fourth-order valence-corrected chi connectivity index (χ4v) is 12.4. The van der Waals surface area contributed by atoms with Gasteiger partial charge in [0, 0.05) is 25.7 Å². The van der Waals surface area contributed by atoms with E-state index < -0.39 is 97.5 Å². The van der Waals surface area contributed by atoms with Crippen LogP contribution in [-0.4, -0.2) is 96.7 Å². The molecule has 0 aliphatic heterocycles. The van der Waals surface area contributed by atoms with Crippen LogP contribution in [0.2, 0.25) is 0 Å². The lowest BCUT2D eigenvalue weighted by Crippen LogP contribution is -2.30. The van der Waals surface area contributed by atoms with Crippen molar-refractivity contribution in [1.29, 1.82) is 0 Å². The van der Waals surface area contributed by atoms with Gasteiger partial charge in [0.1, 0.15) is 19.3 Å². The van der Waals surface area contributed by atoms with Crippen LogP contribution in [0.4, 0.5) is 0 Å². The van der Waals surface area contributed by atoms with E-state index in [0.29, 0.717) is 25.7 Å². The molecule has 3 unspecified atom stereocenters. The smallest absolute Gasteiger partial charge is 0.462 e. The summed E-state index contributed by atoms with van der Waals surface area (Å²) in [5.74, 6) is 0.216. The topological polar surface area (TPSA) is 237 Å². The quantitative estimate of drug-likeness (QED) is 0.0222. The lowest BCUT2D eigenvalue weighted by Gasteiger charge is -2.21. The number of aliphatic hydroxyl groups excluding tert-OH is 1. The summed E-state index contributed by atoms with van der Waals surface area (Å²) in [7, 11) is -9.90. The lowest BCUT2D eigenvalue weighted by molar-refractivity contribution is -0.161. The predicted molar refractivity (Wildman–Crippen MR) is 368 cm³/mol. The minimum Gasteiger partial charge on any atom is -0.462 e. The van der Waals surface area contributed by atoms with E-state index in [9.17, 15) is 43.2 Å². The van der Waals surface area contributed by atoms with Gasteiger partial charge in [-0.25, -0.2) is 9.13 Å². The Labute approximate surface area is 556 Å². The van der Waals surface area contributed by atoms with Gasteiger partial charge in [-0.05, 0) is 43.4 Å². The Balaban J connectivity index is 5.23. The number of unbranched alkanes of at least 4 members (excludes halogenated alkanes) is 37. The molecule has 0 aromatic carbocycles. The van der Waals surface area contributed by atoms with Gasteiger partial charge in [-0.1, -0.05) is 312 Å². The van der Waals surface area contributed by atoms with Crippen molar-refractivity contribution in [2.24, 2.45) is 17.8 Å². The molecule has 0 aromatic heterocycles. The Morgan fingerprint density at radius 3 is 0.835 bits per heavy atom. The third-order valence-corrected chi connectivity index (χ3v) is 18.9. The van der Waals surface area contributed by atoms with Crippen molar-refractivity contribution in [1.82, 2.24) is 0 Å². The molecule has 17 nitrogen and oxygen atoms in total. The Bertz CT molecular complexity index is 1790. The number of ether oxygens (including phenoxy) is 4. The summed E-state index contributed by atoms with van der Waals surface area (Å²) in [5.41, 5.74) is 0. The summed E-state index contributed by atoms with van der Waals surface area (Å²) in [6.45, 7) is 11.9. The normalized spacial score (nSPS) is 14.5. The molecule has 3 N–H and O–H groups in total. The van der Waals surface area contributed by atoms with E-state index in [0.717, 1.165) is 114 Å². The van der Waals surface area contributed by atoms with E-state index in [4.69, 9.17) is 37.0 Å². The van der Waals surface area contributed by atoms with Crippen molar-refractivity contribution in [3.8, 4) is 0 Å². The Morgan fingerprint density at radius 2 is 0.560 bits per heavy atom. The first-order valence-electron chi connectivity index (χ1n) is 37.4. The molecule has 0 heterocycles. The molecule has 0 saturated heterocycles. The molecular formula is C72H140O17P2. The average molecular weight is 1340 g/mol. The van der Waals surface area contributed by atoms with E-state index in [2.05, 4.69) is 48.5 Å². The zero-order valence-corrected chi connectivity index (χ0v) is 61.1. The second-order valence-electron chi connectivity index (χ2n) is 27.2. The van der Waals surface area contributed by atoms with Gasteiger partial charge in [-0.3, -0.25) is 37.3 Å². The first-order valence-corrected chi connectivity index (χ1v) is 40.4. The van der Waals surface area contributed by atoms with Gasteiger partial charge in [0.2, 0.25) is 0 Å². The maximum atomic E-state index is 13.0. The molecule has 540 valence electrons. The second-order valence-corrected chi connectivity index (χ2v) is 30.1. The summed E-state index contributed by atoms with van der Waals surface area (Å²) in [5, 5.41) is 10.6. The van der Waals surface area contributed by atoms with E-state index in [1.807, 2.05) is 0 Å². The molecule has 0 aliphatic rings. The molecule has 91 heavy (non-hydrogen) atoms. The number of phosphoric ester groups is 2. The molecule has 0 bridgehead atoms. The number of aliphatic hydroxyl groups is 1. The van der Waals surface area contributed by atoms with Crippen LogP contribution in [0.1, 0.15) is 363 Å². The Kier molecular flexibility index (Phi) is 61.5. The zero-order chi connectivity index (χ0) is 67.3. The highest BCUT2D eigenvalue weighted by Crippen LogP contribution is 2.45. The molecule has 0 radical (unpaired) electrons. The highest BCUT2D eigenvalue weighted by molar-refractivity contribution is 7.47. The fraction of sp³-hybridized carbons (Fsp3) is 0.944. The van der Waals surface area contributed by atoms with Crippen LogP contribution in [0.3, 0.4) is 0 Å². The molecule has 6 atom stereocenters. The van der Waals surface area contributed by atoms with Gasteiger partial charge in [0.15, 0.2) is 12.2 Å². The summed E-state index contributed by atoms with van der Waals surface area (Å²) in [6.07, 6.45) is 47.1. The van der Waals surface area contributed by atoms with Crippen molar-refractivity contribution in [3.63, 3.8) is 0 Å². The number of rotatable bonds is 70. The van der Waals surface area contributed by atoms with Crippen molar-refractivity contribution in [2.45, 2.75) is 381 Å². The van der Waals surface area contributed by atoms with E-state index >= 15 is 0 Å². The maximum Gasteiger partial charge on any atom is 0.472 e. The first-order chi connectivity index (χ1) is 43.8. The van der Waals surface area contributed by atoms with Gasteiger partial charge in [-0.2, -0.15) is 0 Å². The summed E-state index contributed by atoms with van der Waals surface area (Å²) in [6, 6.07) is 0. The summed E-state index contributed by atoms with van der Waals surface area (Å²) >= 11 is 0.